The molecule has 2 rings (SSSR count). The molecule has 0 saturated carbocycles. The molecular formula is C15H20BrClN2O2. The van der Waals surface area contributed by atoms with Crippen LogP contribution in [-0.4, -0.2) is 23.1 Å². The average molecular weight is 376 g/mol. The summed E-state index contributed by atoms with van der Waals surface area (Å²) in [7, 11) is 0. The molecule has 21 heavy (non-hydrogen) atoms. The van der Waals surface area contributed by atoms with Crippen LogP contribution >= 0.6 is 27.5 Å². The summed E-state index contributed by atoms with van der Waals surface area (Å²) in [6.45, 7) is 6.63. The number of amides is 1. The molecule has 0 aromatic heterocycles. The molecule has 0 saturated heterocycles. The maximum Gasteiger partial charge on any atom is 0.410 e. The van der Waals surface area contributed by atoms with E-state index in [1.807, 2.05) is 32.9 Å². The highest BCUT2D eigenvalue weighted by Gasteiger charge is 2.27. The average Bonchev–Trinajstić information content (AvgIpc) is 2.49. The summed E-state index contributed by atoms with van der Waals surface area (Å²) in [6.07, 6.45) is 0.373. The van der Waals surface area contributed by atoms with Crippen LogP contribution in [0.15, 0.2) is 16.6 Å². The van der Waals surface area contributed by atoms with Gasteiger partial charge in [0.05, 0.1) is 5.02 Å². The summed E-state index contributed by atoms with van der Waals surface area (Å²) >= 11 is 9.56. The third-order valence-electron chi connectivity index (χ3n) is 3.30. The second-order valence-electron chi connectivity index (χ2n) is 6.26. The largest absolute Gasteiger partial charge is 0.444 e. The Balaban J connectivity index is 2.27. The summed E-state index contributed by atoms with van der Waals surface area (Å²) < 4.78 is 6.25. The molecular weight excluding hydrogens is 356 g/mol. The van der Waals surface area contributed by atoms with Crippen molar-refractivity contribution >= 4 is 33.6 Å². The number of halogens is 2. The molecule has 116 valence electrons. The Labute approximate surface area is 138 Å². The van der Waals surface area contributed by atoms with Gasteiger partial charge in [-0.05, 0) is 66.4 Å². The van der Waals surface area contributed by atoms with Gasteiger partial charge < -0.3 is 15.4 Å². The van der Waals surface area contributed by atoms with Gasteiger partial charge in [-0.1, -0.05) is 11.6 Å². The Kier molecular flexibility index (Phi) is 4.85. The van der Waals surface area contributed by atoms with E-state index in [1.54, 1.807) is 4.90 Å². The number of hydrogen-bond acceptors (Lipinski definition) is 3. The molecule has 0 spiro atoms. The van der Waals surface area contributed by atoms with Crippen molar-refractivity contribution in [1.82, 2.24) is 4.90 Å². The molecule has 0 radical (unpaired) electrons. The standard InChI is InChI=1S/C15H20BrClN2O2/c1-15(2,3)21-14(20)19-5-4-13(18)10-7-12(17)11(16)6-9(10)8-19/h6-7,13H,4-5,8,18H2,1-3H3/t13-/m0/s1. The summed E-state index contributed by atoms with van der Waals surface area (Å²) in [5.41, 5.74) is 7.69. The fourth-order valence-electron chi connectivity index (χ4n) is 2.30. The van der Waals surface area contributed by atoms with E-state index < -0.39 is 5.60 Å². The molecule has 4 nitrogen and oxygen atoms in total. The molecule has 1 amide bonds. The number of nitrogens with zero attached hydrogens (tertiary/aromatic N) is 1. The number of rotatable bonds is 0. The Morgan fingerprint density at radius 1 is 1.48 bits per heavy atom. The minimum absolute atomic E-state index is 0.127. The van der Waals surface area contributed by atoms with Crippen LogP contribution in [0.25, 0.3) is 0 Å². The lowest BCUT2D eigenvalue weighted by molar-refractivity contribution is 0.0235. The van der Waals surface area contributed by atoms with E-state index in [9.17, 15) is 4.79 Å². The first-order valence-corrected chi connectivity index (χ1v) is 8.06. The van der Waals surface area contributed by atoms with E-state index in [2.05, 4.69) is 15.9 Å². The maximum absolute atomic E-state index is 12.3. The number of nitrogens with two attached hydrogens (primary N) is 1. The van der Waals surface area contributed by atoms with Crippen molar-refractivity contribution in [2.75, 3.05) is 6.54 Å². The van der Waals surface area contributed by atoms with Gasteiger partial charge in [0.1, 0.15) is 5.60 Å². The van der Waals surface area contributed by atoms with Crippen molar-refractivity contribution in [3.05, 3.63) is 32.8 Å². The van der Waals surface area contributed by atoms with E-state index in [-0.39, 0.29) is 12.1 Å². The van der Waals surface area contributed by atoms with Gasteiger partial charge >= 0.3 is 6.09 Å². The summed E-state index contributed by atoms with van der Waals surface area (Å²) in [6, 6.07) is 3.68. The quantitative estimate of drug-likeness (QED) is 0.738. The number of hydrogen-bond donors (Lipinski definition) is 1. The highest BCUT2D eigenvalue weighted by atomic mass is 79.9. The van der Waals surface area contributed by atoms with Gasteiger partial charge in [0.2, 0.25) is 0 Å². The van der Waals surface area contributed by atoms with Gasteiger partial charge in [-0.2, -0.15) is 0 Å². The molecule has 0 aliphatic carbocycles. The normalized spacial score (nSPS) is 19.0. The molecule has 1 atom stereocenters. The van der Waals surface area contributed by atoms with E-state index in [0.29, 0.717) is 24.5 Å². The van der Waals surface area contributed by atoms with Gasteiger partial charge in [-0.3, -0.25) is 0 Å². The van der Waals surface area contributed by atoms with Gasteiger partial charge in [-0.15, -0.1) is 0 Å². The molecule has 1 aliphatic heterocycles. The number of carbonyl (C=O) groups is 1. The smallest absolute Gasteiger partial charge is 0.410 e. The monoisotopic (exact) mass is 374 g/mol. The van der Waals surface area contributed by atoms with Crippen molar-refractivity contribution in [1.29, 1.82) is 0 Å². The fourth-order valence-corrected chi connectivity index (χ4v) is 2.87. The Morgan fingerprint density at radius 3 is 2.76 bits per heavy atom. The Morgan fingerprint density at radius 2 is 2.14 bits per heavy atom. The third kappa shape index (κ3) is 4.11. The molecule has 2 N–H and O–H groups in total. The van der Waals surface area contributed by atoms with Crippen LogP contribution < -0.4 is 5.73 Å². The van der Waals surface area contributed by atoms with Gasteiger partial charge in [0.15, 0.2) is 0 Å². The summed E-state index contributed by atoms with van der Waals surface area (Å²) in [5.74, 6) is 0. The molecule has 0 unspecified atom stereocenters. The van der Waals surface area contributed by atoms with Crippen molar-refractivity contribution in [2.45, 2.75) is 45.4 Å². The fraction of sp³-hybridized carbons (Fsp3) is 0.533. The lowest BCUT2D eigenvalue weighted by atomic mass is 10.0. The number of fused-ring (bicyclic) bond motifs is 1. The highest BCUT2D eigenvalue weighted by molar-refractivity contribution is 9.10. The highest BCUT2D eigenvalue weighted by Crippen LogP contribution is 2.33. The van der Waals surface area contributed by atoms with Crippen LogP contribution in [0.5, 0.6) is 0 Å². The van der Waals surface area contributed by atoms with Crippen LogP contribution in [0.3, 0.4) is 0 Å². The molecule has 0 bridgehead atoms. The van der Waals surface area contributed by atoms with Crippen molar-refractivity contribution in [3.8, 4) is 0 Å². The first kappa shape index (κ1) is 16.6. The second-order valence-corrected chi connectivity index (χ2v) is 7.52. The predicted octanol–water partition coefficient (Wildman–Crippen LogP) is 4.24. The lowest BCUT2D eigenvalue weighted by Gasteiger charge is -2.26. The zero-order valence-corrected chi connectivity index (χ0v) is 14.8. The van der Waals surface area contributed by atoms with Crippen molar-refractivity contribution in [2.24, 2.45) is 5.73 Å². The van der Waals surface area contributed by atoms with Gasteiger partial charge in [-0.25, -0.2) is 4.79 Å². The van der Waals surface area contributed by atoms with Gasteiger partial charge in [0.25, 0.3) is 0 Å². The van der Waals surface area contributed by atoms with Crippen LogP contribution in [0, 0.1) is 0 Å². The molecule has 1 aromatic rings. The first-order chi connectivity index (χ1) is 9.67. The zero-order chi connectivity index (χ0) is 15.8. The molecule has 6 heteroatoms. The van der Waals surface area contributed by atoms with E-state index in [4.69, 9.17) is 22.1 Å². The number of carbonyl (C=O) groups excluding carboxylic acids is 1. The van der Waals surface area contributed by atoms with Crippen LogP contribution in [0.4, 0.5) is 4.79 Å². The van der Waals surface area contributed by atoms with E-state index in [1.165, 1.54) is 0 Å². The minimum atomic E-state index is -0.505. The van der Waals surface area contributed by atoms with Gasteiger partial charge in [0, 0.05) is 23.6 Å². The van der Waals surface area contributed by atoms with E-state index >= 15 is 0 Å². The first-order valence-electron chi connectivity index (χ1n) is 6.88. The van der Waals surface area contributed by atoms with Crippen LogP contribution in [0.2, 0.25) is 5.02 Å². The topological polar surface area (TPSA) is 55.6 Å². The second kappa shape index (κ2) is 6.15. The molecule has 1 aromatic carbocycles. The lowest BCUT2D eigenvalue weighted by Crippen LogP contribution is -2.36. The minimum Gasteiger partial charge on any atom is -0.444 e. The number of ether oxygens (including phenoxy) is 1. The molecule has 1 aliphatic rings. The van der Waals surface area contributed by atoms with Crippen molar-refractivity contribution in [3.63, 3.8) is 0 Å². The molecule has 0 fully saturated rings. The van der Waals surface area contributed by atoms with Crippen LogP contribution in [0.1, 0.15) is 44.4 Å². The SMILES string of the molecule is CC(C)(C)OC(=O)N1CC[C@H](N)c2cc(Cl)c(Br)cc2C1. The summed E-state index contributed by atoms with van der Waals surface area (Å²) in [4.78, 5) is 14.0. The zero-order valence-electron chi connectivity index (χ0n) is 12.5. The van der Waals surface area contributed by atoms with E-state index in [0.717, 1.165) is 15.6 Å². The Hall–Kier alpha value is -0.780. The molecule has 1 heterocycles. The predicted molar refractivity (Wildman–Crippen MR) is 87.3 cm³/mol. The van der Waals surface area contributed by atoms with Crippen LogP contribution in [-0.2, 0) is 11.3 Å². The third-order valence-corrected chi connectivity index (χ3v) is 4.50. The maximum atomic E-state index is 12.3. The number of benzene rings is 1. The Bertz CT molecular complexity index is 557. The van der Waals surface area contributed by atoms with Crippen molar-refractivity contribution < 1.29 is 9.53 Å². The summed E-state index contributed by atoms with van der Waals surface area (Å²) in [5, 5.41) is 0.634.